The van der Waals surface area contributed by atoms with Crippen molar-refractivity contribution in [3.05, 3.63) is 63.9 Å². The zero-order valence-corrected chi connectivity index (χ0v) is 21.7. The molecule has 1 aromatic heterocycles. The normalized spacial score (nSPS) is 12.6. The summed E-state index contributed by atoms with van der Waals surface area (Å²) in [6.45, 7) is 5.54. The van der Waals surface area contributed by atoms with Crippen LogP contribution in [0.3, 0.4) is 0 Å². The van der Waals surface area contributed by atoms with Crippen LogP contribution in [0, 0.1) is 5.92 Å². The highest BCUT2D eigenvalue weighted by Gasteiger charge is 2.16. The fraction of sp³-hybridized carbons (Fsp3) is 0.360. The minimum Gasteiger partial charge on any atom is -0.493 e. The molecule has 0 radical (unpaired) electrons. The molecule has 35 heavy (non-hydrogen) atoms. The average molecular weight is 521 g/mol. The number of fused-ring (bicyclic) bond motifs is 1. The SMILES string of the molecule is CC(COc1ccc2cc(-c3cccc(Cl)c3)n(CC(=O)NC(C)C)c(=O)c2c1)COS(C)(=O)=O. The van der Waals surface area contributed by atoms with Crippen molar-refractivity contribution >= 4 is 38.4 Å². The van der Waals surface area contributed by atoms with Gasteiger partial charge in [-0.1, -0.05) is 36.7 Å². The predicted molar refractivity (Wildman–Crippen MR) is 137 cm³/mol. The van der Waals surface area contributed by atoms with Gasteiger partial charge < -0.3 is 10.1 Å². The maximum atomic E-state index is 13.5. The monoisotopic (exact) mass is 520 g/mol. The van der Waals surface area contributed by atoms with Gasteiger partial charge in [0.25, 0.3) is 15.7 Å². The van der Waals surface area contributed by atoms with Crippen LogP contribution in [-0.4, -0.2) is 44.4 Å². The number of carbonyl (C=O) groups is 1. The number of benzene rings is 2. The molecule has 0 aliphatic heterocycles. The molecule has 188 valence electrons. The molecule has 0 spiro atoms. The number of pyridine rings is 1. The quantitative estimate of drug-likeness (QED) is 0.407. The highest BCUT2D eigenvalue weighted by atomic mass is 35.5. The Bertz CT molecular complexity index is 1380. The molecule has 8 nitrogen and oxygen atoms in total. The van der Waals surface area contributed by atoms with Gasteiger partial charge in [0.05, 0.1) is 30.5 Å². The van der Waals surface area contributed by atoms with Crippen LogP contribution in [0.1, 0.15) is 20.8 Å². The second-order valence-corrected chi connectivity index (χ2v) is 10.9. The lowest BCUT2D eigenvalue weighted by atomic mass is 10.1. The van der Waals surface area contributed by atoms with Crippen LogP contribution in [0.4, 0.5) is 0 Å². The van der Waals surface area contributed by atoms with Crippen LogP contribution in [0.5, 0.6) is 5.75 Å². The first-order valence-corrected chi connectivity index (χ1v) is 13.3. The van der Waals surface area contributed by atoms with E-state index in [1.165, 1.54) is 4.57 Å². The van der Waals surface area contributed by atoms with Crippen LogP contribution in [-0.2, 0) is 25.6 Å². The molecule has 3 rings (SSSR count). The van der Waals surface area contributed by atoms with Crippen molar-refractivity contribution in [2.24, 2.45) is 5.92 Å². The van der Waals surface area contributed by atoms with E-state index < -0.39 is 10.1 Å². The fourth-order valence-corrected chi connectivity index (χ4v) is 4.17. The van der Waals surface area contributed by atoms with Gasteiger partial charge in [-0.3, -0.25) is 18.3 Å². The number of carbonyl (C=O) groups excluding carboxylic acids is 1. The van der Waals surface area contributed by atoms with E-state index in [2.05, 4.69) is 5.32 Å². The van der Waals surface area contributed by atoms with E-state index in [4.69, 9.17) is 20.5 Å². The number of nitrogens with zero attached hydrogens (tertiary/aromatic N) is 1. The molecule has 0 saturated carbocycles. The van der Waals surface area contributed by atoms with Crippen LogP contribution >= 0.6 is 11.6 Å². The Morgan fingerprint density at radius 1 is 1.09 bits per heavy atom. The van der Waals surface area contributed by atoms with E-state index in [1.54, 1.807) is 43.3 Å². The van der Waals surface area contributed by atoms with Crippen molar-refractivity contribution < 1.29 is 22.1 Å². The van der Waals surface area contributed by atoms with Gasteiger partial charge in [0.1, 0.15) is 12.3 Å². The van der Waals surface area contributed by atoms with E-state index in [-0.39, 0.29) is 43.2 Å². The Morgan fingerprint density at radius 3 is 2.49 bits per heavy atom. The summed E-state index contributed by atoms with van der Waals surface area (Å²) in [5.41, 5.74) is 0.952. The van der Waals surface area contributed by atoms with E-state index >= 15 is 0 Å². The third-order valence-corrected chi connectivity index (χ3v) is 5.86. The molecule has 1 unspecified atom stereocenters. The van der Waals surface area contributed by atoms with Crippen LogP contribution in [0.2, 0.25) is 5.02 Å². The Hall–Kier alpha value is -2.88. The van der Waals surface area contributed by atoms with E-state index in [1.807, 2.05) is 26.0 Å². The second kappa shape index (κ2) is 11.2. The molecule has 3 aromatic rings. The maximum absolute atomic E-state index is 13.5. The first kappa shape index (κ1) is 26.7. The molecule has 1 atom stereocenters. The summed E-state index contributed by atoms with van der Waals surface area (Å²) in [4.78, 5) is 26.1. The molecule has 1 amide bonds. The lowest BCUT2D eigenvalue weighted by Gasteiger charge is -2.17. The van der Waals surface area contributed by atoms with E-state index in [9.17, 15) is 18.0 Å². The largest absolute Gasteiger partial charge is 0.493 e. The average Bonchev–Trinajstić information content (AvgIpc) is 2.77. The molecule has 1 N–H and O–H groups in total. The van der Waals surface area contributed by atoms with Crippen molar-refractivity contribution in [3.8, 4) is 17.0 Å². The molecule has 0 aliphatic rings. The number of halogens is 1. The Kier molecular flexibility index (Phi) is 8.58. The number of nitrogens with one attached hydrogen (secondary N) is 1. The molecule has 0 fully saturated rings. The van der Waals surface area contributed by atoms with Crippen molar-refractivity contribution in [1.82, 2.24) is 9.88 Å². The summed E-state index contributed by atoms with van der Waals surface area (Å²) in [7, 11) is -3.53. The first-order valence-electron chi connectivity index (χ1n) is 11.1. The highest BCUT2D eigenvalue weighted by molar-refractivity contribution is 7.85. The summed E-state index contributed by atoms with van der Waals surface area (Å²) in [6, 6.07) is 14.0. The summed E-state index contributed by atoms with van der Waals surface area (Å²) >= 11 is 6.18. The molecule has 0 aliphatic carbocycles. The Labute approximate surface area is 209 Å². The van der Waals surface area contributed by atoms with Gasteiger partial charge in [-0.25, -0.2) is 0 Å². The molecule has 1 heterocycles. The van der Waals surface area contributed by atoms with Gasteiger partial charge in [0.2, 0.25) is 5.91 Å². The maximum Gasteiger partial charge on any atom is 0.264 e. The number of rotatable bonds is 10. The summed E-state index contributed by atoms with van der Waals surface area (Å²) < 4.78 is 34.4. The molecular weight excluding hydrogens is 492 g/mol. The number of hydrogen-bond donors (Lipinski definition) is 1. The zero-order valence-electron chi connectivity index (χ0n) is 20.1. The van der Waals surface area contributed by atoms with E-state index in [0.717, 1.165) is 6.26 Å². The van der Waals surface area contributed by atoms with Gasteiger partial charge >= 0.3 is 0 Å². The van der Waals surface area contributed by atoms with E-state index in [0.29, 0.717) is 32.8 Å². The smallest absolute Gasteiger partial charge is 0.264 e. The number of hydrogen-bond acceptors (Lipinski definition) is 6. The zero-order chi connectivity index (χ0) is 25.8. The molecular formula is C25H29ClN2O6S. The van der Waals surface area contributed by atoms with Crippen LogP contribution in [0.15, 0.2) is 53.3 Å². The van der Waals surface area contributed by atoms with Crippen molar-refractivity contribution in [2.45, 2.75) is 33.4 Å². The summed E-state index contributed by atoms with van der Waals surface area (Å²) in [5, 5.41) is 4.42. The van der Waals surface area contributed by atoms with Gasteiger partial charge in [0.15, 0.2) is 0 Å². The number of ether oxygens (including phenoxy) is 1. The summed E-state index contributed by atoms with van der Waals surface area (Å²) in [5.74, 6) is -0.0201. The minimum absolute atomic E-state index is 0.00677. The number of amides is 1. The Balaban J connectivity index is 1.97. The molecule has 10 heteroatoms. The highest BCUT2D eigenvalue weighted by Crippen LogP contribution is 2.27. The molecule has 0 bridgehead atoms. The number of aromatic nitrogens is 1. The molecule has 0 saturated heterocycles. The van der Waals surface area contributed by atoms with Gasteiger partial charge in [0, 0.05) is 17.0 Å². The van der Waals surface area contributed by atoms with Crippen molar-refractivity contribution in [1.29, 1.82) is 0 Å². The van der Waals surface area contributed by atoms with Gasteiger partial charge in [-0.15, -0.1) is 0 Å². The predicted octanol–water partition coefficient (Wildman–Crippen LogP) is 3.84. The molecule has 2 aromatic carbocycles. The van der Waals surface area contributed by atoms with Crippen molar-refractivity contribution in [3.63, 3.8) is 0 Å². The lowest BCUT2D eigenvalue weighted by Crippen LogP contribution is -2.36. The van der Waals surface area contributed by atoms with Gasteiger partial charge in [-0.05, 0) is 55.1 Å². The van der Waals surface area contributed by atoms with Crippen molar-refractivity contribution in [2.75, 3.05) is 19.5 Å². The van der Waals surface area contributed by atoms with Crippen LogP contribution < -0.4 is 15.6 Å². The third-order valence-electron chi connectivity index (χ3n) is 5.06. The fourth-order valence-electron chi connectivity index (χ4n) is 3.50. The third kappa shape index (κ3) is 7.55. The van der Waals surface area contributed by atoms with Crippen LogP contribution in [0.25, 0.3) is 22.0 Å². The second-order valence-electron chi connectivity index (χ2n) is 8.81. The summed E-state index contributed by atoms with van der Waals surface area (Å²) in [6.07, 6.45) is 0.994. The van der Waals surface area contributed by atoms with Gasteiger partial charge in [-0.2, -0.15) is 8.42 Å². The lowest BCUT2D eigenvalue weighted by molar-refractivity contribution is -0.122. The first-order chi connectivity index (χ1) is 16.4. The Morgan fingerprint density at radius 2 is 1.83 bits per heavy atom. The topological polar surface area (TPSA) is 104 Å². The standard InChI is InChI=1S/C25H29ClN2O6S/c1-16(2)27-24(29)13-28-23(19-6-5-7-20(26)10-19)11-18-8-9-21(12-22(18)25(28)30)33-14-17(3)15-34-35(4,31)32/h5-12,16-17H,13-15H2,1-4H3,(H,27,29). The minimum atomic E-state index is -3.53.